The predicted octanol–water partition coefficient (Wildman–Crippen LogP) is 2.43. The van der Waals surface area contributed by atoms with Crippen LogP contribution in [0.2, 0.25) is 0 Å². The molecule has 5 nitrogen and oxygen atoms in total. The third kappa shape index (κ3) is 3.09. The zero-order valence-corrected chi connectivity index (χ0v) is 12.1. The Morgan fingerprint density at radius 1 is 1.18 bits per heavy atom. The summed E-state index contributed by atoms with van der Waals surface area (Å²) >= 11 is 0. The molecule has 1 amide bonds. The van der Waals surface area contributed by atoms with Crippen molar-refractivity contribution in [3.05, 3.63) is 59.2 Å². The molecule has 0 aliphatic carbocycles. The minimum atomic E-state index is 0.0594. The van der Waals surface area contributed by atoms with E-state index in [4.69, 9.17) is 15.9 Å². The lowest BCUT2D eigenvalue weighted by Crippen LogP contribution is -2.18. The van der Waals surface area contributed by atoms with Gasteiger partial charge in [-0.3, -0.25) is 10.2 Å². The zero-order chi connectivity index (χ0) is 15.5. The summed E-state index contributed by atoms with van der Waals surface area (Å²) in [5.41, 5.74) is 9.11. The first-order valence-corrected chi connectivity index (χ1v) is 7.11. The van der Waals surface area contributed by atoms with Crippen LogP contribution >= 0.6 is 0 Å². The fraction of sp³-hybridized carbons (Fsp3) is 0.176. The van der Waals surface area contributed by atoms with E-state index in [0.717, 1.165) is 29.0 Å². The number of carbonyl (C=O) groups is 1. The number of fused-ring (bicyclic) bond motifs is 1. The fourth-order valence-electron chi connectivity index (χ4n) is 2.40. The molecule has 0 aromatic heterocycles. The quantitative estimate of drug-likeness (QED) is 0.598. The first-order valence-electron chi connectivity index (χ1n) is 7.11. The van der Waals surface area contributed by atoms with Crippen LogP contribution in [0.1, 0.15) is 23.1 Å². The Morgan fingerprint density at radius 2 is 1.95 bits per heavy atom. The lowest BCUT2D eigenvalue weighted by molar-refractivity contribution is -0.116. The second-order valence-corrected chi connectivity index (χ2v) is 5.27. The molecule has 112 valence electrons. The summed E-state index contributed by atoms with van der Waals surface area (Å²) in [6.45, 7) is 0.448. The lowest BCUT2D eigenvalue weighted by atomic mass is 10.0. The molecular formula is C17H17N3O2. The largest absolute Gasteiger partial charge is 0.489 e. The van der Waals surface area contributed by atoms with E-state index in [2.05, 4.69) is 5.32 Å². The molecule has 1 heterocycles. The highest BCUT2D eigenvalue weighted by molar-refractivity contribution is 5.95. The Morgan fingerprint density at radius 3 is 2.68 bits per heavy atom. The minimum absolute atomic E-state index is 0.0594. The van der Waals surface area contributed by atoms with Gasteiger partial charge in [0, 0.05) is 17.7 Å². The van der Waals surface area contributed by atoms with Crippen molar-refractivity contribution in [2.45, 2.75) is 19.4 Å². The monoisotopic (exact) mass is 295 g/mol. The van der Waals surface area contributed by atoms with E-state index in [1.807, 2.05) is 42.5 Å². The topological polar surface area (TPSA) is 88.2 Å². The molecule has 0 unspecified atom stereocenters. The Bertz CT molecular complexity index is 723. The summed E-state index contributed by atoms with van der Waals surface area (Å²) in [6, 6.07) is 13.1. The highest BCUT2D eigenvalue weighted by Crippen LogP contribution is 2.27. The Balaban J connectivity index is 1.66. The van der Waals surface area contributed by atoms with Crippen molar-refractivity contribution in [3.8, 4) is 5.75 Å². The highest BCUT2D eigenvalue weighted by atomic mass is 16.5. The first-order chi connectivity index (χ1) is 10.6. The number of rotatable bonds is 4. The molecule has 0 spiro atoms. The van der Waals surface area contributed by atoms with E-state index >= 15 is 0 Å². The molecule has 1 aliphatic rings. The Hall–Kier alpha value is -2.82. The lowest BCUT2D eigenvalue weighted by Gasteiger charge is -2.17. The van der Waals surface area contributed by atoms with Gasteiger partial charge in [0.1, 0.15) is 18.2 Å². The third-order valence-corrected chi connectivity index (χ3v) is 3.64. The summed E-state index contributed by atoms with van der Waals surface area (Å²) in [5.74, 6) is 0.904. The fourth-order valence-corrected chi connectivity index (χ4v) is 2.40. The third-order valence-electron chi connectivity index (χ3n) is 3.64. The van der Waals surface area contributed by atoms with Crippen LogP contribution in [0.25, 0.3) is 0 Å². The molecule has 0 saturated carbocycles. The maximum atomic E-state index is 11.3. The normalized spacial score (nSPS) is 13.2. The van der Waals surface area contributed by atoms with Crippen LogP contribution in [0.3, 0.4) is 0 Å². The van der Waals surface area contributed by atoms with Crippen LogP contribution < -0.4 is 15.8 Å². The molecule has 4 N–H and O–H groups in total. The highest BCUT2D eigenvalue weighted by Gasteiger charge is 2.14. The molecule has 1 aliphatic heterocycles. The molecule has 3 rings (SSSR count). The standard InChI is InChI=1S/C17H17N3O2/c18-17(19)12-3-1-11(2-4-12)10-22-14-6-7-15-13(9-14)5-8-16(21)20-15/h1-4,6-7,9H,5,8,10H2,(H3,18,19)(H,20,21). The van der Waals surface area contributed by atoms with Gasteiger partial charge >= 0.3 is 0 Å². The first kappa shape index (κ1) is 14.1. The minimum Gasteiger partial charge on any atom is -0.489 e. The summed E-state index contributed by atoms with van der Waals surface area (Å²) < 4.78 is 5.79. The molecule has 0 atom stereocenters. The van der Waals surface area contributed by atoms with Gasteiger partial charge < -0.3 is 15.8 Å². The van der Waals surface area contributed by atoms with Gasteiger partial charge in [-0.25, -0.2) is 0 Å². The number of nitrogens with one attached hydrogen (secondary N) is 2. The van der Waals surface area contributed by atoms with Crippen LogP contribution in [-0.4, -0.2) is 11.7 Å². The van der Waals surface area contributed by atoms with Crippen molar-refractivity contribution in [1.82, 2.24) is 0 Å². The van der Waals surface area contributed by atoms with Gasteiger partial charge in [0.2, 0.25) is 5.91 Å². The average Bonchev–Trinajstić information content (AvgIpc) is 2.53. The number of amidine groups is 1. The van der Waals surface area contributed by atoms with Gasteiger partial charge in [-0.15, -0.1) is 0 Å². The van der Waals surface area contributed by atoms with E-state index in [1.165, 1.54) is 0 Å². The average molecular weight is 295 g/mol. The number of nitrogen functional groups attached to an aromatic ring is 1. The smallest absolute Gasteiger partial charge is 0.224 e. The van der Waals surface area contributed by atoms with E-state index < -0.39 is 0 Å². The SMILES string of the molecule is N=C(N)c1ccc(COc2ccc3c(c2)CCC(=O)N3)cc1. The molecular weight excluding hydrogens is 278 g/mol. The second kappa shape index (κ2) is 5.89. The number of ether oxygens (including phenoxy) is 1. The molecule has 0 saturated heterocycles. The van der Waals surface area contributed by atoms with Crippen LogP contribution in [-0.2, 0) is 17.8 Å². The van der Waals surface area contributed by atoms with Gasteiger partial charge in [0.25, 0.3) is 0 Å². The van der Waals surface area contributed by atoms with Crippen molar-refractivity contribution in [1.29, 1.82) is 5.41 Å². The van der Waals surface area contributed by atoms with Crippen LogP contribution in [0.5, 0.6) is 5.75 Å². The number of aryl methyl sites for hydroxylation is 1. The van der Waals surface area contributed by atoms with Gasteiger partial charge in [0.15, 0.2) is 0 Å². The molecule has 22 heavy (non-hydrogen) atoms. The summed E-state index contributed by atoms with van der Waals surface area (Å²) in [4.78, 5) is 11.3. The van der Waals surface area contributed by atoms with Crippen molar-refractivity contribution < 1.29 is 9.53 Å². The number of hydrogen-bond donors (Lipinski definition) is 3. The molecule has 0 radical (unpaired) electrons. The molecule has 0 bridgehead atoms. The maximum absolute atomic E-state index is 11.3. The van der Waals surface area contributed by atoms with Crippen molar-refractivity contribution >= 4 is 17.4 Å². The second-order valence-electron chi connectivity index (χ2n) is 5.27. The Labute approximate surface area is 128 Å². The zero-order valence-electron chi connectivity index (χ0n) is 12.1. The predicted molar refractivity (Wildman–Crippen MR) is 85.2 cm³/mol. The van der Waals surface area contributed by atoms with Gasteiger partial charge in [-0.2, -0.15) is 0 Å². The maximum Gasteiger partial charge on any atom is 0.224 e. The number of amides is 1. The van der Waals surface area contributed by atoms with Crippen molar-refractivity contribution in [2.24, 2.45) is 5.73 Å². The molecule has 5 heteroatoms. The van der Waals surface area contributed by atoms with E-state index in [1.54, 1.807) is 0 Å². The molecule has 2 aromatic rings. The number of hydrogen-bond acceptors (Lipinski definition) is 3. The van der Waals surface area contributed by atoms with Crippen molar-refractivity contribution in [2.75, 3.05) is 5.32 Å². The van der Waals surface area contributed by atoms with Gasteiger partial charge in [-0.05, 0) is 35.7 Å². The molecule has 0 fully saturated rings. The van der Waals surface area contributed by atoms with Crippen molar-refractivity contribution in [3.63, 3.8) is 0 Å². The van der Waals surface area contributed by atoms with Crippen LogP contribution in [0.4, 0.5) is 5.69 Å². The summed E-state index contributed by atoms with van der Waals surface area (Å²) in [5, 5.41) is 10.2. The summed E-state index contributed by atoms with van der Waals surface area (Å²) in [7, 11) is 0. The van der Waals surface area contributed by atoms with Crippen LogP contribution in [0, 0.1) is 5.41 Å². The number of nitrogens with two attached hydrogens (primary N) is 1. The van der Waals surface area contributed by atoms with E-state index in [-0.39, 0.29) is 11.7 Å². The summed E-state index contributed by atoms with van der Waals surface area (Å²) in [6.07, 6.45) is 1.26. The molecule has 2 aromatic carbocycles. The van der Waals surface area contributed by atoms with E-state index in [9.17, 15) is 4.79 Å². The number of carbonyl (C=O) groups excluding carboxylic acids is 1. The van der Waals surface area contributed by atoms with Gasteiger partial charge in [0.05, 0.1) is 0 Å². The number of benzene rings is 2. The van der Waals surface area contributed by atoms with Crippen LogP contribution in [0.15, 0.2) is 42.5 Å². The van der Waals surface area contributed by atoms with E-state index in [0.29, 0.717) is 18.6 Å². The number of anilines is 1. The van der Waals surface area contributed by atoms with Gasteiger partial charge in [-0.1, -0.05) is 24.3 Å². The Kier molecular flexibility index (Phi) is 3.78.